The van der Waals surface area contributed by atoms with Crippen molar-refractivity contribution in [3.8, 4) is 62.1 Å². The van der Waals surface area contributed by atoms with Crippen LogP contribution in [0.2, 0.25) is 0 Å². The van der Waals surface area contributed by atoms with Gasteiger partial charge in [-0.3, -0.25) is 0 Å². The van der Waals surface area contributed by atoms with Gasteiger partial charge in [0.15, 0.2) is 0 Å². The molecule has 11 aromatic rings. The van der Waals surface area contributed by atoms with Crippen molar-refractivity contribution in [1.82, 2.24) is 28.7 Å². The third-order valence-corrected chi connectivity index (χ3v) is 12.3. The van der Waals surface area contributed by atoms with Gasteiger partial charge in [-0.15, -0.1) is 0 Å². The summed E-state index contributed by atoms with van der Waals surface area (Å²) in [5.41, 5.74) is 14.1. The SMILES string of the molecule is Cc1cc(-n2c3ccccc3c3ccc(Oc4cccc(-n5[c](=[Pt])n(-c6c(-c7ccccc7)cccc6-c6ccccc6)c6ccccc65)c4)cc32)ncc1-c1cncnc1. The van der Waals surface area contributed by atoms with E-state index in [0.29, 0.717) is 0 Å². The Hall–Kier alpha value is -7.47. The molecule has 7 aromatic carbocycles. The number of benzene rings is 7. The molecule has 0 spiro atoms. The molecule has 0 aliphatic carbocycles. The third kappa shape index (κ3) is 6.42. The van der Waals surface area contributed by atoms with E-state index in [-0.39, 0.29) is 0 Å². The van der Waals surface area contributed by atoms with E-state index in [2.05, 4.69) is 220 Å². The van der Waals surface area contributed by atoms with E-state index in [4.69, 9.17) is 9.72 Å². The zero-order chi connectivity index (χ0) is 40.9. The number of aromatic nitrogens is 6. The van der Waals surface area contributed by atoms with Crippen molar-refractivity contribution < 1.29 is 24.1 Å². The van der Waals surface area contributed by atoms with E-state index in [9.17, 15) is 0 Å². The van der Waals surface area contributed by atoms with Crippen molar-refractivity contribution in [2.75, 3.05) is 0 Å². The zero-order valence-electron chi connectivity index (χ0n) is 33.0. The van der Waals surface area contributed by atoms with Gasteiger partial charge in [0.1, 0.15) is 6.33 Å². The summed E-state index contributed by atoms with van der Waals surface area (Å²) in [4.78, 5) is 13.4. The van der Waals surface area contributed by atoms with Crippen LogP contribution in [-0.2, 0) is 19.4 Å². The molecule has 4 aromatic heterocycles. The molecule has 11 rings (SSSR count). The van der Waals surface area contributed by atoms with Crippen molar-refractivity contribution in [3.05, 3.63) is 210 Å². The minimum atomic E-state index is 0.732. The Bertz CT molecular complexity index is 3430. The van der Waals surface area contributed by atoms with Crippen LogP contribution in [0, 0.1) is 10.7 Å². The molecule has 0 amide bonds. The topological polar surface area (TPSA) is 62.7 Å². The fraction of sp³-hybridized carbons (Fsp3) is 0.0189. The molecule has 0 saturated carbocycles. The van der Waals surface area contributed by atoms with E-state index in [1.54, 1.807) is 6.33 Å². The number of para-hydroxylation sites is 4. The van der Waals surface area contributed by atoms with Gasteiger partial charge >= 0.3 is 294 Å². The van der Waals surface area contributed by atoms with Gasteiger partial charge in [-0.25, -0.2) is 9.97 Å². The number of imidazole rings is 1. The summed E-state index contributed by atoms with van der Waals surface area (Å²) in [7, 11) is 0. The molecule has 7 nitrogen and oxygen atoms in total. The number of pyridine rings is 1. The standard InChI is InChI=1S/C53H36N6O.Pt/c1-36-28-52(56-33-47(36)39-31-54-34-55-32-39)59-48-23-9-8-20-45(48)46-27-26-42(30-51(46)59)60-41-19-12-18-40(29-41)57-35-58(50-25-11-10-24-49(50)57)53-43(37-14-4-2-5-15-37)21-13-22-44(53)38-16-6-3-7-17-38;/h2-34H,1H3;. The Kier molecular flexibility index (Phi) is 9.17. The summed E-state index contributed by atoms with van der Waals surface area (Å²) < 4.78 is 14.7. The molecular weight excluding hydrogens is 932 g/mol. The Balaban J connectivity index is 1.02. The number of rotatable bonds is 8. The first-order chi connectivity index (χ1) is 30.1. The first kappa shape index (κ1) is 36.6. The van der Waals surface area contributed by atoms with Crippen LogP contribution in [-0.4, -0.2) is 28.7 Å². The minimum absolute atomic E-state index is 0.732. The van der Waals surface area contributed by atoms with Gasteiger partial charge in [0.2, 0.25) is 0 Å². The molecule has 0 aliphatic rings. The number of nitrogens with zero attached hydrogens (tertiary/aromatic N) is 6. The Morgan fingerprint density at radius 1 is 0.459 bits per heavy atom. The molecule has 0 atom stereocenters. The molecule has 0 bridgehead atoms. The van der Waals surface area contributed by atoms with Crippen LogP contribution in [0.3, 0.4) is 0 Å². The van der Waals surface area contributed by atoms with E-state index >= 15 is 0 Å². The minimum Gasteiger partial charge on any atom is -0.244 e. The molecule has 61 heavy (non-hydrogen) atoms. The van der Waals surface area contributed by atoms with E-state index in [1.807, 2.05) is 24.7 Å². The molecule has 0 aliphatic heterocycles. The van der Waals surface area contributed by atoms with E-state index < -0.39 is 0 Å². The van der Waals surface area contributed by atoms with Crippen molar-refractivity contribution in [2.45, 2.75) is 6.92 Å². The van der Waals surface area contributed by atoms with Crippen LogP contribution in [0.25, 0.3) is 83.4 Å². The summed E-state index contributed by atoms with van der Waals surface area (Å²) in [6.07, 6.45) is 7.09. The average molecular weight is 968 g/mol. The molecule has 0 radical (unpaired) electrons. The zero-order valence-corrected chi connectivity index (χ0v) is 35.2. The Morgan fingerprint density at radius 3 is 1.77 bits per heavy atom. The van der Waals surface area contributed by atoms with Gasteiger partial charge < -0.3 is 0 Å². The van der Waals surface area contributed by atoms with Crippen LogP contribution >= 0.6 is 0 Å². The summed E-state index contributed by atoms with van der Waals surface area (Å²) in [6.45, 7) is 2.10. The normalized spacial score (nSPS) is 11.5. The second kappa shape index (κ2) is 15.3. The number of ether oxygens (including phenoxy) is 1. The molecule has 0 fully saturated rings. The van der Waals surface area contributed by atoms with Gasteiger partial charge in [0, 0.05) is 29.7 Å². The maximum atomic E-state index is 6.76. The fourth-order valence-corrected chi connectivity index (χ4v) is 9.64. The van der Waals surface area contributed by atoms with Crippen LogP contribution < -0.4 is 4.74 Å². The predicted octanol–water partition coefficient (Wildman–Crippen LogP) is 12.9. The first-order valence-electron chi connectivity index (χ1n) is 20.1. The molecule has 4 heterocycles. The van der Waals surface area contributed by atoms with Crippen molar-refractivity contribution in [3.63, 3.8) is 0 Å². The quantitative estimate of drug-likeness (QED) is 0.152. The number of fused-ring (bicyclic) bond motifs is 4. The van der Waals surface area contributed by atoms with Gasteiger partial charge in [0.05, 0.1) is 0 Å². The molecule has 0 unspecified atom stereocenters. The van der Waals surface area contributed by atoms with Gasteiger partial charge in [-0.1, -0.05) is 12.1 Å². The molecule has 294 valence electrons. The van der Waals surface area contributed by atoms with Crippen LogP contribution in [0.5, 0.6) is 11.5 Å². The number of aryl methyl sites for hydroxylation is 1. The molecule has 0 N–H and O–H groups in total. The van der Waals surface area contributed by atoms with E-state index in [0.717, 1.165) is 104 Å². The molecule has 8 heteroatoms. The second-order valence-electron chi connectivity index (χ2n) is 15.0. The van der Waals surface area contributed by atoms with Crippen molar-refractivity contribution in [2.24, 2.45) is 0 Å². The summed E-state index contributed by atoms with van der Waals surface area (Å²) in [6, 6.07) is 61.8. The Labute approximate surface area is 362 Å². The predicted molar refractivity (Wildman–Crippen MR) is 241 cm³/mol. The van der Waals surface area contributed by atoms with Gasteiger partial charge in [0.25, 0.3) is 0 Å². The second-order valence-corrected chi connectivity index (χ2v) is 16.0. The molecule has 0 saturated heterocycles. The van der Waals surface area contributed by atoms with E-state index in [1.165, 1.54) is 0 Å². The Morgan fingerprint density at radius 2 is 1.07 bits per heavy atom. The smallest absolute Gasteiger partial charge is 0.244 e. The molecular formula is C53H36N6OPt. The number of hydrogen-bond donors (Lipinski definition) is 0. The van der Waals surface area contributed by atoms with Gasteiger partial charge in [-0.2, -0.15) is 0 Å². The number of hydrogen-bond acceptors (Lipinski definition) is 4. The van der Waals surface area contributed by atoms with Crippen LogP contribution in [0.15, 0.2) is 201 Å². The fourth-order valence-electron chi connectivity index (χ4n) is 8.54. The maximum absolute atomic E-state index is 6.76. The van der Waals surface area contributed by atoms with Gasteiger partial charge in [-0.05, 0) is 12.5 Å². The first-order valence-corrected chi connectivity index (χ1v) is 21.2. The summed E-state index contributed by atoms with van der Waals surface area (Å²) in [5.74, 6) is 2.29. The van der Waals surface area contributed by atoms with Crippen molar-refractivity contribution in [1.29, 1.82) is 0 Å². The third-order valence-electron chi connectivity index (χ3n) is 11.3. The van der Waals surface area contributed by atoms with Crippen LogP contribution in [0.1, 0.15) is 5.56 Å². The summed E-state index contributed by atoms with van der Waals surface area (Å²) >= 11 is 2.49. The van der Waals surface area contributed by atoms with Crippen molar-refractivity contribution >= 4 is 32.8 Å². The monoisotopic (exact) mass is 967 g/mol. The average Bonchev–Trinajstić information content (AvgIpc) is 3.80. The summed E-state index contributed by atoms with van der Waals surface area (Å²) in [5, 5.41) is 2.28. The van der Waals surface area contributed by atoms with Crippen LogP contribution in [0.4, 0.5) is 0 Å².